The van der Waals surface area contributed by atoms with Crippen LogP contribution in [0.25, 0.3) is 0 Å². The average molecular weight is 199 g/mol. The number of hydrogen-bond donors (Lipinski definition) is 3. The molecule has 1 aliphatic rings. The van der Waals surface area contributed by atoms with Crippen molar-refractivity contribution >= 4 is 5.91 Å². The van der Waals surface area contributed by atoms with E-state index in [1.54, 1.807) is 0 Å². The molecule has 3 N–H and O–H groups in total. The highest BCUT2D eigenvalue weighted by atomic mass is 16.1. The largest absolute Gasteiger partial charge is 0.356 e. The molecule has 1 saturated heterocycles. The molecule has 1 rings (SSSR count). The van der Waals surface area contributed by atoms with E-state index >= 15 is 0 Å². The SMILES string of the molecule is CCNC(=O)CCNC1CCCNC1. The first-order valence-electron chi connectivity index (χ1n) is 5.53. The zero-order valence-electron chi connectivity index (χ0n) is 8.94. The fraction of sp³-hybridized carbons (Fsp3) is 0.900. The van der Waals surface area contributed by atoms with Gasteiger partial charge in [0, 0.05) is 32.1 Å². The number of carbonyl (C=O) groups is 1. The van der Waals surface area contributed by atoms with Gasteiger partial charge in [0.25, 0.3) is 0 Å². The van der Waals surface area contributed by atoms with E-state index in [1.807, 2.05) is 6.92 Å². The van der Waals surface area contributed by atoms with Gasteiger partial charge >= 0.3 is 0 Å². The maximum Gasteiger partial charge on any atom is 0.221 e. The predicted octanol–water partition coefficient (Wildman–Crippen LogP) is -0.146. The highest BCUT2D eigenvalue weighted by molar-refractivity contribution is 5.75. The van der Waals surface area contributed by atoms with Crippen LogP contribution in [0.3, 0.4) is 0 Å². The van der Waals surface area contributed by atoms with E-state index in [0.29, 0.717) is 12.5 Å². The molecule has 1 amide bonds. The molecule has 0 bridgehead atoms. The van der Waals surface area contributed by atoms with Crippen LogP contribution in [-0.2, 0) is 4.79 Å². The van der Waals surface area contributed by atoms with Crippen molar-refractivity contribution in [3.05, 3.63) is 0 Å². The molecule has 14 heavy (non-hydrogen) atoms. The monoisotopic (exact) mass is 199 g/mol. The Morgan fingerprint density at radius 3 is 3.07 bits per heavy atom. The van der Waals surface area contributed by atoms with Gasteiger partial charge in [-0.25, -0.2) is 0 Å². The summed E-state index contributed by atoms with van der Waals surface area (Å²) in [5.41, 5.74) is 0. The third kappa shape index (κ3) is 4.58. The summed E-state index contributed by atoms with van der Waals surface area (Å²) in [5.74, 6) is 0.142. The summed E-state index contributed by atoms with van der Waals surface area (Å²) in [7, 11) is 0. The van der Waals surface area contributed by atoms with Crippen molar-refractivity contribution in [2.45, 2.75) is 32.2 Å². The maximum atomic E-state index is 11.1. The summed E-state index contributed by atoms with van der Waals surface area (Å²) in [6, 6.07) is 0.554. The van der Waals surface area contributed by atoms with Crippen molar-refractivity contribution in [3.8, 4) is 0 Å². The molecular weight excluding hydrogens is 178 g/mol. The maximum absolute atomic E-state index is 11.1. The van der Waals surface area contributed by atoms with Crippen LogP contribution in [0.1, 0.15) is 26.2 Å². The highest BCUT2D eigenvalue weighted by Gasteiger charge is 2.11. The first kappa shape index (κ1) is 11.5. The molecule has 4 nitrogen and oxygen atoms in total. The smallest absolute Gasteiger partial charge is 0.221 e. The molecule has 0 aliphatic carbocycles. The molecule has 1 unspecified atom stereocenters. The summed E-state index contributed by atoms with van der Waals surface area (Å²) in [5, 5.41) is 9.51. The number of piperidine rings is 1. The molecule has 4 heteroatoms. The quantitative estimate of drug-likeness (QED) is 0.577. The number of carbonyl (C=O) groups excluding carboxylic acids is 1. The Labute approximate surface area is 85.8 Å². The normalized spacial score (nSPS) is 21.9. The van der Waals surface area contributed by atoms with Crippen LogP contribution in [-0.4, -0.2) is 38.1 Å². The number of rotatable bonds is 5. The molecule has 1 atom stereocenters. The summed E-state index contributed by atoms with van der Waals surface area (Å²) in [6.07, 6.45) is 3.05. The number of amides is 1. The van der Waals surface area contributed by atoms with Gasteiger partial charge in [-0.05, 0) is 26.3 Å². The number of hydrogen-bond acceptors (Lipinski definition) is 3. The molecule has 0 aromatic heterocycles. The first-order valence-corrected chi connectivity index (χ1v) is 5.53. The fourth-order valence-corrected chi connectivity index (χ4v) is 1.70. The van der Waals surface area contributed by atoms with E-state index in [4.69, 9.17) is 0 Å². The van der Waals surface area contributed by atoms with Crippen LogP contribution in [0, 0.1) is 0 Å². The van der Waals surface area contributed by atoms with Crippen LogP contribution >= 0.6 is 0 Å². The Bertz CT molecular complexity index is 167. The van der Waals surface area contributed by atoms with Gasteiger partial charge in [0.1, 0.15) is 0 Å². The van der Waals surface area contributed by atoms with E-state index in [9.17, 15) is 4.79 Å². The van der Waals surface area contributed by atoms with Gasteiger partial charge < -0.3 is 16.0 Å². The molecule has 0 aromatic carbocycles. The Morgan fingerprint density at radius 2 is 2.43 bits per heavy atom. The molecule has 0 radical (unpaired) electrons. The van der Waals surface area contributed by atoms with E-state index in [0.717, 1.165) is 26.2 Å². The molecule has 0 spiro atoms. The van der Waals surface area contributed by atoms with Crippen molar-refractivity contribution in [2.24, 2.45) is 0 Å². The van der Waals surface area contributed by atoms with Crippen molar-refractivity contribution in [1.29, 1.82) is 0 Å². The number of nitrogens with one attached hydrogen (secondary N) is 3. The lowest BCUT2D eigenvalue weighted by Crippen LogP contribution is -2.44. The standard InChI is InChI=1S/C10H21N3O/c1-2-12-10(14)5-7-13-9-4-3-6-11-8-9/h9,11,13H,2-8H2,1H3,(H,12,14). The Morgan fingerprint density at radius 1 is 1.57 bits per heavy atom. The van der Waals surface area contributed by atoms with Gasteiger partial charge in [0.05, 0.1) is 0 Å². The molecule has 1 aliphatic heterocycles. The van der Waals surface area contributed by atoms with Crippen LogP contribution in [0.4, 0.5) is 0 Å². The lowest BCUT2D eigenvalue weighted by atomic mass is 10.1. The van der Waals surface area contributed by atoms with Crippen molar-refractivity contribution in [2.75, 3.05) is 26.2 Å². The molecule has 0 saturated carbocycles. The Kier molecular flexibility index (Phi) is 5.56. The van der Waals surface area contributed by atoms with Crippen LogP contribution in [0.5, 0.6) is 0 Å². The Balaban J connectivity index is 1.99. The van der Waals surface area contributed by atoms with E-state index in [2.05, 4.69) is 16.0 Å². The van der Waals surface area contributed by atoms with Gasteiger partial charge in [-0.3, -0.25) is 4.79 Å². The van der Waals surface area contributed by atoms with Crippen LogP contribution in [0.2, 0.25) is 0 Å². The van der Waals surface area contributed by atoms with Gasteiger partial charge in [0.15, 0.2) is 0 Å². The predicted molar refractivity (Wildman–Crippen MR) is 57.2 cm³/mol. The minimum atomic E-state index is 0.142. The lowest BCUT2D eigenvalue weighted by molar-refractivity contribution is -0.120. The zero-order valence-corrected chi connectivity index (χ0v) is 8.94. The molecular formula is C10H21N3O. The van der Waals surface area contributed by atoms with Crippen LogP contribution in [0.15, 0.2) is 0 Å². The van der Waals surface area contributed by atoms with Crippen LogP contribution < -0.4 is 16.0 Å². The molecule has 82 valence electrons. The van der Waals surface area contributed by atoms with E-state index in [-0.39, 0.29) is 5.91 Å². The summed E-state index contributed by atoms with van der Waals surface area (Å²) >= 11 is 0. The second-order valence-electron chi connectivity index (χ2n) is 3.70. The third-order valence-corrected chi connectivity index (χ3v) is 2.46. The van der Waals surface area contributed by atoms with Crippen molar-refractivity contribution < 1.29 is 4.79 Å². The van der Waals surface area contributed by atoms with Gasteiger partial charge in [-0.15, -0.1) is 0 Å². The fourth-order valence-electron chi connectivity index (χ4n) is 1.70. The van der Waals surface area contributed by atoms with Gasteiger partial charge in [-0.2, -0.15) is 0 Å². The van der Waals surface area contributed by atoms with Gasteiger partial charge in [0.2, 0.25) is 5.91 Å². The summed E-state index contributed by atoms with van der Waals surface area (Å²) in [6.45, 7) is 5.63. The minimum absolute atomic E-state index is 0.142. The molecule has 0 aromatic rings. The average Bonchev–Trinajstić information content (AvgIpc) is 2.20. The second-order valence-corrected chi connectivity index (χ2v) is 3.70. The lowest BCUT2D eigenvalue weighted by Gasteiger charge is -2.23. The summed E-state index contributed by atoms with van der Waals surface area (Å²) < 4.78 is 0. The summed E-state index contributed by atoms with van der Waals surface area (Å²) in [4.78, 5) is 11.1. The van der Waals surface area contributed by atoms with Crippen molar-refractivity contribution in [1.82, 2.24) is 16.0 Å². The van der Waals surface area contributed by atoms with Gasteiger partial charge in [-0.1, -0.05) is 0 Å². The highest BCUT2D eigenvalue weighted by Crippen LogP contribution is 2.00. The molecule has 1 heterocycles. The Hall–Kier alpha value is -0.610. The zero-order chi connectivity index (χ0) is 10.2. The topological polar surface area (TPSA) is 53.2 Å². The van der Waals surface area contributed by atoms with E-state index in [1.165, 1.54) is 12.8 Å². The molecule has 1 fully saturated rings. The third-order valence-electron chi connectivity index (χ3n) is 2.46. The van der Waals surface area contributed by atoms with E-state index < -0.39 is 0 Å². The van der Waals surface area contributed by atoms with Crippen molar-refractivity contribution in [3.63, 3.8) is 0 Å². The first-order chi connectivity index (χ1) is 6.83. The second kappa shape index (κ2) is 6.79. The minimum Gasteiger partial charge on any atom is -0.356 e.